The normalized spacial score (nSPS) is 20.3. The molecule has 8 nitrogen and oxygen atoms in total. The van der Waals surface area contributed by atoms with Gasteiger partial charge < -0.3 is 10.1 Å². The third kappa shape index (κ3) is 4.02. The van der Waals surface area contributed by atoms with E-state index in [0.29, 0.717) is 17.5 Å². The standard InChI is InChI=1S/C23H26N6O2/c1-31-23-19(11-15-3-2-4-20(15)28-23)22(30)27-17-5-7-18(8-6-17)29-14-16(12-26-29)21-13-24-9-10-25-21/h9-14,17-18H,2-8H2,1H3,(H,27,30). The number of carbonyl (C=O) groups is 1. The van der Waals surface area contributed by atoms with E-state index in [1.807, 2.05) is 23.1 Å². The molecule has 0 unspecified atom stereocenters. The van der Waals surface area contributed by atoms with Crippen LogP contribution in [-0.2, 0) is 12.8 Å². The van der Waals surface area contributed by atoms with Gasteiger partial charge in [0.2, 0.25) is 5.88 Å². The van der Waals surface area contributed by atoms with Crippen LogP contribution >= 0.6 is 0 Å². The van der Waals surface area contributed by atoms with Crippen LogP contribution in [0.25, 0.3) is 11.3 Å². The summed E-state index contributed by atoms with van der Waals surface area (Å²) in [5.41, 5.74) is 4.58. The maximum atomic E-state index is 12.9. The molecular formula is C23H26N6O2. The summed E-state index contributed by atoms with van der Waals surface area (Å²) >= 11 is 0. The second-order valence-corrected chi connectivity index (χ2v) is 8.28. The van der Waals surface area contributed by atoms with E-state index in [2.05, 4.69) is 25.4 Å². The van der Waals surface area contributed by atoms with E-state index in [4.69, 9.17) is 4.74 Å². The SMILES string of the molecule is COc1nc2c(cc1C(=O)NC1CCC(n3cc(-c4cnccn4)cn3)CC1)CCC2. The Morgan fingerprint density at radius 2 is 2.03 bits per heavy atom. The lowest BCUT2D eigenvalue weighted by atomic mass is 9.91. The third-order valence-corrected chi connectivity index (χ3v) is 6.32. The van der Waals surface area contributed by atoms with Crippen LogP contribution in [0, 0.1) is 0 Å². The van der Waals surface area contributed by atoms with Crippen molar-refractivity contribution in [3.05, 3.63) is 53.9 Å². The van der Waals surface area contributed by atoms with Crippen LogP contribution in [0.5, 0.6) is 5.88 Å². The summed E-state index contributed by atoms with van der Waals surface area (Å²) in [6.45, 7) is 0. The fourth-order valence-corrected chi connectivity index (χ4v) is 4.64. The zero-order valence-electron chi connectivity index (χ0n) is 17.6. The second kappa shape index (κ2) is 8.45. The monoisotopic (exact) mass is 418 g/mol. The van der Waals surface area contributed by atoms with Gasteiger partial charge in [0.05, 0.1) is 31.2 Å². The van der Waals surface area contributed by atoms with Crippen molar-refractivity contribution in [1.29, 1.82) is 0 Å². The van der Waals surface area contributed by atoms with Gasteiger partial charge in [-0.25, -0.2) is 4.98 Å². The van der Waals surface area contributed by atoms with Gasteiger partial charge in [0.25, 0.3) is 5.91 Å². The van der Waals surface area contributed by atoms with Gasteiger partial charge in [0.15, 0.2) is 0 Å². The van der Waals surface area contributed by atoms with E-state index in [1.165, 1.54) is 5.56 Å². The van der Waals surface area contributed by atoms with Crippen molar-refractivity contribution < 1.29 is 9.53 Å². The van der Waals surface area contributed by atoms with E-state index in [-0.39, 0.29) is 11.9 Å². The number of fused-ring (bicyclic) bond motifs is 1. The van der Waals surface area contributed by atoms with Gasteiger partial charge in [0, 0.05) is 35.9 Å². The number of aryl methyl sites for hydroxylation is 2. The minimum atomic E-state index is -0.0912. The van der Waals surface area contributed by atoms with Gasteiger partial charge in [-0.2, -0.15) is 5.10 Å². The van der Waals surface area contributed by atoms with Gasteiger partial charge in [-0.1, -0.05) is 0 Å². The molecule has 5 rings (SSSR count). The Morgan fingerprint density at radius 1 is 1.16 bits per heavy atom. The number of ether oxygens (including phenoxy) is 1. The molecule has 1 saturated carbocycles. The van der Waals surface area contributed by atoms with E-state index >= 15 is 0 Å². The van der Waals surface area contributed by atoms with Gasteiger partial charge in [-0.3, -0.25) is 19.4 Å². The predicted molar refractivity (Wildman–Crippen MR) is 115 cm³/mol. The van der Waals surface area contributed by atoms with Crippen LogP contribution in [0.15, 0.2) is 37.1 Å². The highest BCUT2D eigenvalue weighted by atomic mass is 16.5. The first-order valence-corrected chi connectivity index (χ1v) is 10.9. The first-order valence-electron chi connectivity index (χ1n) is 10.9. The molecule has 0 bridgehead atoms. The summed E-state index contributed by atoms with van der Waals surface area (Å²) in [5.74, 6) is 0.339. The Hall–Kier alpha value is -3.29. The maximum Gasteiger partial charge on any atom is 0.256 e. The molecule has 1 amide bonds. The molecule has 0 saturated heterocycles. The molecule has 3 aromatic rings. The fourth-order valence-electron chi connectivity index (χ4n) is 4.64. The number of methoxy groups -OCH3 is 1. The second-order valence-electron chi connectivity index (χ2n) is 8.28. The molecule has 1 fully saturated rings. The first-order chi connectivity index (χ1) is 15.2. The molecule has 0 aliphatic heterocycles. The van der Waals surface area contributed by atoms with Crippen molar-refractivity contribution in [3.63, 3.8) is 0 Å². The number of amides is 1. The van der Waals surface area contributed by atoms with Crippen LogP contribution in [-0.4, -0.2) is 43.8 Å². The Kier molecular flexibility index (Phi) is 5.36. The molecule has 160 valence electrons. The number of rotatable bonds is 5. The Balaban J connectivity index is 1.21. The van der Waals surface area contributed by atoms with Crippen molar-refractivity contribution in [3.8, 4) is 17.1 Å². The van der Waals surface area contributed by atoms with Crippen LogP contribution in [0.1, 0.15) is 59.8 Å². The quantitative estimate of drug-likeness (QED) is 0.684. The molecule has 3 aromatic heterocycles. The molecule has 31 heavy (non-hydrogen) atoms. The molecule has 2 aliphatic carbocycles. The first kappa shape index (κ1) is 19.7. The lowest BCUT2D eigenvalue weighted by Gasteiger charge is -2.29. The van der Waals surface area contributed by atoms with Gasteiger partial charge >= 0.3 is 0 Å². The summed E-state index contributed by atoms with van der Waals surface area (Å²) < 4.78 is 7.42. The predicted octanol–water partition coefficient (Wildman–Crippen LogP) is 3.15. The van der Waals surface area contributed by atoms with Crippen LogP contribution in [0.4, 0.5) is 0 Å². The Bertz CT molecular complexity index is 1070. The van der Waals surface area contributed by atoms with Crippen molar-refractivity contribution in [1.82, 2.24) is 30.0 Å². The molecule has 8 heteroatoms. The number of carbonyl (C=O) groups excluding carboxylic acids is 1. The smallest absolute Gasteiger partial charge is 0.256 e. The summed E-state index contributed by atoms with van der Waals surface area (Å²) in [6.07, 6.45) is 15.8. The molecule has 0 spiro atoms. The summed E-state index contributed by atoms with van der Waals surface area (Å²) in [7, 11) is 1.57. The van der Waals surface area contributed by atoms with Gasteiger partial charge in [-0.05, 0) is 56.6 Å². The van der Waals surface area contributed by atoms with Crippen molar-refractivity contribution in [2.75, 3.05) is 7.11 Å². The third-order valence-electron chi connectivity index (χ3n) is 6.32. The van der Waals surface area contributed by atoms with Crippen molar-refractivity contribution in [2.45, 2.75) is 57.0 Å². The fraction of sp³-hybridized carbons (Fsp3) is 0.435. The van der Waals surface area contributed by atoms with Crippen LogP contribution in [0.2, 0.25) is 0 Å². The molecular weight excluding hydrogens is 392 g/mol. The summed E-state index contributed by atoms with van der Waals surface area (Å²) in [6, 6.07) is 2.44. The van der Waals surface area contributed by atoms with Gasteiger partial charge in [0.1, 0.15) is 5.56 Å². The molecule has 2 aliphatic rings. The molecule has 1 N–H and O–H groups in total. The van der Waals surface area contributed by atoms with E-state index in [9.17, 15) is 4.79 Å². The number of pyridine rings is 1. The van der Waals surface area contributed by atoms with E-state index in [1.54, 1.807) is 25.7 Å². The average molecular weight is 419 g/mol. The number of hydrogen-bond acceptors (Lipinski definition) is 6. The maximum absolute atomic E-state index is 12.9. The number of hydrogen-bond donors (Lipinski definition) is 1. The molecule has 3 heterocycles. The average Bonchev–Trinajstić information content (AvgIpc) is 3.49. The van der Waals surface area contributed by atoms with Crippen molar-refractivity contribution >= 4 is 5.91 Å². The van der Waals surface area contributed by atoms with Gasteiger partial charge in [-0.15, -0.1) is 0 Å². The zero-order valence-corrected chi connectivity index (χ0v) is 17.6. The zero-order chi connectivity index (χ0) is 21.2. The lowest BCUT2D eigenvalue weighted by Crippen LogP contribution is -2.38. The highest BCUT2D eigenvalue weighted by Crippen LogP contribution is 2.31. The topological polar surface area (TPSA) is 94.8 Å². The molecule has 0 atom stereocenters. The summed E-state index contributed by atoms with van der Waals surface area (Å²) in [4.78, 5) is 26.0. The molecule has 0 radical (unpaired) electrons. The highest BCUT2D eigenvalue weighted by Gasteiger charge is 2.27. The Morgan fingerprint density at radius 3 is 2.81 bits per heavy atom. The number of nitrogens with one attached hydrogen (secondary N) is 1. The van der Waals surface area contributed by atoms with Crippen molar-refractivity contribution in [2.24, 2.45) is 0 Å². The highest BCUT2D eigenvalue weighted by molar-refractivity contribution is 5.96. The minimum absolute atomic E-state index is 0.0912. The summed E-state index contributed by atoms with van der Waals surface area (Å²) in [5, 5.41) is 7.74. The number of nitrogens with zero attached hydrogens (tertiary/aromatic N) is 5. The largest absolute Gasteiger partial charge is 0.480 e. The minimum Gasteiger partial charge on any atom is -0.480 e. The van der Waals surface area contributed by atoms with Crippen LogP contribution in [0.3, 0.4) is 0 Å². The Labute approximate surface area is 181 Å². The molecule has 0 aromatic carbocycles. The van der Waals surface area contributed by atoms with Crippen LogP contribution < -0.4 is 10.1 Å². The van der Waals surface area contributed by atoms with E-state index < -0.39 is 0 Å². The lowest BCUT2D eigenvalue weighted by molar-refractivity contribution is 0.0917. The number of aromatic nitrogens is 5. The van der Waals surface area contributed by atoms with E-state index in [0.717, 1.165) is 61.9 Å².